The number of halogens is 3. The van der Waals surface area contributed by atoms with Gasteiger partial charge >= 0.3 is 12.3 Å². The van der Waals surface area contributed by atoms with Gasteiger partial charge in [-0.25, -0.2) is 14.8 Å². The summed E-state index contributed by atoms with van der Waals surface area (Å²) in [5.41, 5.74) is -0.682. The minimum Gasteiger partial charge on any atom is -0.444 e. The zero-order chi connectivity index (χ0) is 21.4. The highest BCUT2D eigenvalue weighted by Gasteiger charge is 2.46. The third-order valence-corrected chi connectivity index (χ3v) is 5.20. The number of amides is 2. The highest BCUT2D eigenvalue weighted by Crippen LogP contribution is 2.41. The molecule has 0 aromatic carbocycles. The molecule has 0 N–H and O–H groups in total. The van der Waals surface area contributed by atoms with Crippen LogP contribution in [0.1, 0.15) is 51.6 Å². The molecule has 2 aliphatic heterocycles. The van der Waals surface area contributed by atoms with Crippen LogP contribution in [0.5, 0.6) is 0 Å². The number of alkyl halides is 3. The molecule has 7 nitrogen and oxygen atoms in total. The van der Waals surface area contributed by atoms with Gasteiger partial charge in [-0.2, -0.15) is 13.2 Å². The molecule has 0 aliphatic carbocycles. The Morgan fingerprint density at radius 2 is 1.90 bits per heavy atom. The van der Waals surface area contributed by atoms with Crippen LogP contribution in [-0.2, 0) is 22.3 Å². The van der Waals surface area contributed by atoms with Gasteiger partial charge in [-0.3, -0.25) is 4.79 Å². The maximum absolute atomic E-state index is 12.8. The number of aromatic nitrogens is 2. The van der Waals surface area contributed by atoms with E-state index in [4.69, 9.17) is 4.74 Å². The first-order valence-corrected chi connectivity index (χ1v) is 9.52. The zero-order valence-corrected chi connectivity index (χ0v) is 16.8. The average molecular weight is 414 g/mol. The molecule has 2 fully saturated rings. The van der Waals surface area contributed by atoms with Gasteiger partial charge < -0.3 is 14.5 Å². The maximum atomic E-state index is 12.8. The third kappa shape index (κ3) is 5.16. The fourth-order valence-corrected chi connectivity index (χ4v) is 3.77. The Morgan fingerprint density at radius 1 is 1.24 bits per heavy atom. The van der Waals surface area contributed by atoms with Crippen molar-refractivity contribution in [1.29, 1.82) is 0 Å². The number of likely N-dealkylation sites (tertiary alicyclic amines) is 2. The van der Waals surface area contributed by atoms with Crippen molar-refractivity contribution in [2.24, 2.45) is 5.41 Å². The van der Waals surface area contributed by atoms with Gasteiger partial charge in [0.2, 0.25) is 11.7 Å². The molecule has 0 bridgehead atoms. The largest absolute Gasteiger partial charge is 0.451 e. The Kier molecular flexibility index (Phi) is 5.48. The molecule has 1 aromatic heterocycles. The van der Waals surface area contributed by atoms with Crippen LogP contribution in [0, 0.1) is 5.41 Å². The van der Waals surface area contributed by atoms with Crippen LogP contribution in [0.3, 0.4) is 0 Å². The van der Waals surface area contributed by atoms with Crippen LogP contribution in [0.15, 0.2) is 12.3 Å². The predicted molar refractivity (Wildman–Crippen MR) is 96.5 cm³/mol. The van der Waals surface area contributed by atoms with E-state index in [1.165, 1.54) is 6.07 Å². The lowest BCUT2D eigenvalue weighted by molar-refractivity contribution is -0.145. The predicted octanol–water partition coefficient (Wildman–Crippen LogP) is 3.25. The Bertz CT molecular complexity index is 784. The summed E-state index contributed by atoms with van der Waals surface area (Å²) in [7, 11) is 0. The Morgan fingerprint density at radius 3 is 2.48 bits per heavy atom. The van der Waals surface area contributed by atoms with Crippen LogP contribution >= 0.6 is 0 Å². The normalized spacial score (nSPS) is 19.7. The van der Waals surface area contributed by atoms with E-state index in [1.807, 2.05) is 0 Å². The van der Waals surface area contributed by atoms with Gasteiger partial charge in [0, 0.05) is 37.7 Å². The van der Waals surface area contributed by atoms with Gasteiger partial charge in [0.05, 0.1) is 12.2 Å². The van der Waals surface area contributed by atoms with E-state index < -0.39 is 17.6 Å². The van der Waals surface area contributed by atoms with Crippen molar-refractivity contribution in [3.8, 4) is 0 Å². The topological polar surface area (TPSA) is 75.6 Å². The molecule has 0 atom stereocenters. The number of ether oxygens (including phenoxy) is 1. The fraction of sp³-hybridized carbons (Fsp3) is 0.684. The van der Waals surface area contributed by atoms with Crippen LogP contribution in [0.25, 0.3) is 0 Å². The van der Waals surface area contributed by atoms with E-state index in [-0.39, 0.29) is 29.7 Å². The molecule has 0 unspecified atom stereocenters. The van der Waals surface area contributed by atoms with Gasteiger partial charge in [-0.1, -0.05) is 0 Å². The Labute approximate surface area is 167 Å². The molecule has 160 valence electrons. The summed E-state index contributed by atoms with van der Waals surface area (Å²) in [5, 5.41) is 0. The van der Waals surface area contributed by atoms with Crippen molar-refractivity contribution in [2.45, 2.75) is 58.4 Å². The monoisotopic (exact) mass is 414 g/mol. The smallest absolute Gasteiger partial charge is 0.444 e. The second-order valence-electron chi connectivity index (χ2n) is 8.76. The van der Waals surface area contributed by atoms with Gasteiger partial charge in [0.25, 0.3) is 0 Å². The SMILES string of the molecule is CC(C)(C)OC(=O)N1CCC2(CC1)CC(=O)N(Cc1ccnc(C(F)(F)F)n1)C2. The van der Waals surface area contributed by atoms with Crippen molar-refractivity contribution in [2.75, 3.05) is 19.6 Å². The van der Waals surface area contributed by atoms with Gasteiger partial charge in [0.1, 0.15) is 5.60 Å². The summed E-state index contributed by atoms with van der Waals surface area (Å²) in [6.45, 7) is 6.86. The molecule has 3 heterocycles. The molecule has 0 radical (unpaired) electrons. The van der Waals surface area contributed by atoms with E-state index in [1.54, 1.807) is 30.6 Å². The zero-order valence-electron chi connectivity index (χ0n) is 16.8. The average Bonchev–Trinajstić information content (AvgIpc) is 2.88. The number of hydrogen-bond donors (Lipinski definition) is 0. The van der Waals surface area contributed by atoms with Crippen LogP contribution < -0.4 is 0 Å². The molecule has 29 heavy (non-hydrogen) atoms. The first kappa shape index (κ1) is 21.3. The summed E-state index contributed by atoms with van der Waals surface area (Å²) >= 11 is 0. The minimum absolute atomic E-state index is 0.0158. The molecule has 3 rings (SSSR count). The molecule has 0 saturated carbocycles. The Balaban J connectivity index is 1.61. The molecule has 10 heteroatoms. The van der Waals surface area contributed by atoms with E-state index in [0.29, 0.717) is 38.9 Å². The van der Waals surface area contributed by atoms with Crippen LogP contribution in [0.2, 0.25) is 0 Å². The first-order valence-electron chi connectivity index (χ1n) is 9.52. The van der Waals surface area contributed by atoms with E-state index in [2.05, 4.69) is 9.97 Å². The van der Waals surface area contributed by atoms with Gasteiger partial charge in [0.15, 0.2) is 0 Å². The van der Waals surface area contributed by atoms with E-state index in [9.17, 15) is 22.8 Å². The molecule has 2 saturated heterocycles. The Hall–Kier alpha value is -2.39. The number of hydrogen-bond acceptors (Lipinski definition) is 5. The van der Waals surface area contributed by atoms with Crippen molar-refractivity contribution in [3.05, 3.63) is 23.8 Å². The van der Waals surface area contributed by atoms with Crippen molar-refractivity contribution < 1.29 is 27.5 Å². The second kappa shape index (κ2) is 7.46. The summed E-state index contributed by atoms with van der Waals surface area (Å²) in [4.78, 5) is 34.7. The number of nitrogens with zero attached hydrogens (tertiary/aromatic N) is 4. The van der Waals surface area contributed by atoms with Gasteiger partial charge in [-0.05, 0) is 39.7 Å². The molecular weight excluding hydrogens is 389 g/mol. The summed E-state index contributed by atoms with van der Waals surface area (Å²) in [6.07, 6.45) is -2.32. The highest BCUT2D eigenvalue weighted by molar-refractivity contribution is 5.79. The molecule has 1 spiro atoms. The second-order valence-corrected chi connectivity index (χ2v) is 8.76. The number of carbonyl (C=O) groups excluding carboxylic acids is 2. The number of piperidine rings is 1. The van der Waals surface area contributed by atoms with Crippen molar-refractivity contribution in [1.82, 2.24) is 19.8 Å². The van der Waals surface area contributed by atoms with Gasteiger partial charge in [-0.15, -0.1) is 0 Å². The fourth-order valence-electron chi connectivity index (χ4n) is 3.77. The minimum atomic E-state index is -4.62. The summed E-state index contributed by atoms with van der Waals surface area (Å²) < 4.78 is 43.8. The summed E-state index contributed by atoms with van der Waals surface area (Å²) in [5.74, 6) is -1.31. The maximum Gasteiger partial charge on any atom is 0.451 e. The van der Waals surface area contributed by atoms with E-state index in [0.717, 1.165) is 6.20 Å². The molecule has 2 aliphatic rings. The lowest BCUT2D eigenvalue weighted by Gasteiger charge is -2.39. The number of rotatable bonds is 2. The summed E-state index contributed by atoms with van der Waals surface area (Å²) in [6, 6.07) is 1.39. The lowest BCUT2D eigenvalue weighted by atomic mass is 9.78. The van der Waals surface area contributed by atoms with Crippen molar-refractivity contribution in [3.63, 3.8) is 0 Å². The van der Waals surface area contributed by atoms with Crippen LogP contribution in [-0.4, -0.2) is 57.0 Å². The van der Waals surface area contributed by atoms with E-state index >= 15 is 0 Å². The number of carbonyl (C=O) groups is 2. The van der Waals surface area contributed by atoms with Crippen LogP contribution in [0.4, 0.5) is 18.0 Å². The molecule has 2 amide bonds. The quantitative estimate of drug-likeness (QED) is 0.743. The third-order valence-electron chi connectivity index (χ3n) is 5.20. The highest BCUT2D eigenvalue weighted by atomic mass is 19.4. The van der Waals surface area contributed by atoms with Crippen molar-refractivity contribution >= 4 is 12.0 Å². The molecular formula is C19H25F3N4O3. The first-order chi connectivity index (χ1) is 13.4. The molecule has 1 aromatic rings. The standard InChI is InChI=1S/C19H25F3N4O3/c1-17(2,3)29-16(28)25-8-5-18(6-9-25)10-14(27)26(12-18)11-13-4-7-23-15(24-13)19(20,21)22/h4,7H,5-6,8-12H2,1-3H3. The lowest BCUT2D eigenvalue weighted by Crippen LogP contribution is -2.46.